The topological polar surface area (TPSA) is 29.1 Å². The number of carbonyl (C=O) groups excluding carboxylic acids is 1. The highest BCUT2D eigenvalue weighted by Gasteiger charge is 2.42. The average Bonchev–Trinajstić information content (AvgIpc) is 2.41. The monoisotopic (exact) mass is 367 g/mol. The van der Waals surface area contributed by atoms with Crippen molar-refractivity contribution in [3.63, 3.8) is 0 Å². The molecule has 0 aromatic heterocycles. The van der Waals surface area contributed by atoms with Crippen molar-refractivity contribution in [2.75, 3.05) is 0 Å². The van der Waals surface area contributed by atoms with Crippen LogP contribution in [-0.2, 0) is 0 Å². The molecule has 1 saturated carbocycles. The normalized spacial score (nSPS) is 22.9. The van der Waals surface area contributed by atoms with E-state index in [9.17, 15) is 22.4 Å². The Kier molecular flexibility index (Phi) is 4.91. The van der Waals surface area contributed by atoms with Crippen LogP contribution < -0.4 is 5.32 Å². The minimum Gasteiger partial charge on any atom is -0.349 e. The largest absolute Gasteiger partial charge is 0.391 e. The van der Waals surface area contributed by atoms with Crippen molar-refractivity contribution >= 4 is 21.8 Å². The number of hydrogen-bond acceptors (Lipinski definition) is 1. The first-order valence-corrected chi connectivity index (χ1v) is 7.39. The summed E-state index contributed by atoms with van der Waals surface area (Å²) in [6.07, 6.45) is -3.43. The van der Waals surface area contributed by atoms with Crippen LogP contribution in [0.15, 0.2) is 22.7 Å². The van der Waals surface area contributed by atoms with Crippen molar-refractivity contribution in [1.29, 1.82) is 0 Å². The molecule has 1 aromatic rings. The number of carbonyl (C=O) groups is 1. The van der Waals surface area contributed by atoms with Crippen LogP contribution in [0.1, 0.15) is 36.0 Å². The molecular weight excluding hydrogens is 354 g/mol. The van der Waals surface area contributed by atoms with Gasteiger partial charge in [-0.1, -0.05) is 22.4 Å². The lowest BCUT2D eigenvalue weighted by Crippen LogP contribution is -2.41. The highest BCUT2D eigenvalue weighted by atomic mass is 79.9. The number of halogens is 5. The van der Waals surface area contributed by atoms with E-state index in [1.54, 1.807) is 0 Å². The zero-order chi connectivity index (χ0) is 15.6. The number of benzene rings is 1. The van der Waals surface area contributed by atoms with Crippen molar-refractivity contribution in [2.24, 2.45) is 5.92 Å². The van der Waals surface area contributed by atoms with Gasteiger partial charge in [-0.25, -0.2) is 4.39 Å². The average molecular weight is 368 g/mol. The molecule has 7 heteroatoms. The second kappa shape index (κ2) is 6.34. The molecule has 1 fully saturated rings. The van der Waals surface area contributed by atoms with Crippen molar-refractivity contribution < 1.29 is 22.4 Å². The molecule has 2 atom stereocenters. The second-order valence-corrected chi connectivity index (χ2v) is 6.12. The lowest BCUT2D eigenvalue weighted by molar-refractivity contribution is -0.183. The Balaban J connectivity index is 2.04. The molecule has 1 aliphatic rings. The first-order chi connectivity index (χ1) is 9.77. The van der Waals surface area contributed by atoms with Crippen LogP contribution >= 0.6 is 15.9 Å². The van der Waals surface area contributed by atoms with Crippen molar-refractivity contribution in [3.05, 3.63) is 34.1 Å². The summed E-state index contributed by atoms with van der Waals surface area (Å²) < 4.78 is 52.3. The molecule has 0 bridgehead atoms. The Labute approximate surface area is 128 Å². The van der Waals surface area contributed by atoms with E-state index >= 15 is 0 Å². The summed E-state index contributed by atoms with van der Waals surface area (Å²) in [5, 5.41) is 2.51. The summed E-state index contributed by atoms with van der Waals surface area (Å²) in [5.41, 5.74) is -0.168. The molecule has 1 aromatic carbocycles. The fraction of sp³-hybridized carbons (Fsp3) is 0.500. The van der Waals surface area contributed by atoms with Crippen LogP contribution in [0.3, 0.4) is 0 Å². The fourth-order valence-electron chi connectivity index (χ4n) is 2.55. The maximum atomic E-state index is 13.6. The van der Waals surface area contributed by atoms with Crippen LogP contribution in [-0.4, -0.2) is 18.1 Å². The van der Waals surface area contributed by atoms with Crippen LogP contribution in [0.25, 0.3) is 0 Å². The third kappa shape index (κ3) is 4.18. The second-order valence-electron chi connectivity index (χ2n) is 5.20. The Bertz CT molecular complexity index is 532. The third-order valence-corrected chi connectivity index (χ3v) is 4.14. The van der Waals surface area contributed by atoms with E-state index in [4.69, 9.17) is 0 Å². The third-order valence-electron chi connectivity index (χ3n) is 3.65. The summed E-state index contributed by atoms with van der Waals surface area (Å²) in [6.45, 7) is 0. The fourth-order valence-corrected chi connectivity index (χ4v) is 2.91. The molecule has 116 valence electrons. The van der Waals surface area contributed by atoms with Crippen molar-refractivity contribution in [3.8, 4) is 0 Å². The van der Waals surface area contributed by atoms with Gasteiger partial charge in [-0.05, 0) is 37.5 Å². The van der Waals surface area contributed by atoms with E-state index in [1.807, 2.05) is 0 Å². The predicted octanol–water partition coefficient (Wildman–Crippen LogP) is 4.44. The molecule has 2 rings (SSSR count). The summed E-state index contributed by atoms with van der Waals surface area (Å²) in [5.74, 6) is -2.77. The van der Waals surface area contributed by atoms with Gasteiger partial charge < -0.3 is 5.32 Å². The SMILES string of the molecule is O=C(NC1CCCC(C(F)(F)F)C1)c1cc(Br)ccc1F. The van der Waals surface area contributed by atoms with Gasteiger partial charge in [-0.2, -0.15) is 13.2 Å². The maximum absolute atomic E-state index is 13.6. The molecule has 2 nitrogen and oxygen atoms in total. The Morgan fingerprint density at radius 1 is 1.29 bits per heavy atom. The Morgan fingerprint density at radius 3 is 2.67 bits per heavy atom. The van der Waals surface area contributed by atoms with Gasteiger partial charge in [-0.3, -0.25) is 4.79 Å². The van der Waals surface area contributed by atoms with Crippen molar-refractivity contribution in [2.45, 2.75) is 37.9 Å². The zero-order valence-electron chi connectivity index (χ0n) is 11.0. The van der Waals surface area contributed by atoms with Crippen LogP contribution in [0.2, 0.25) is 0 Å². The van der Waals surface area contributed by atoms with E-state index in [-0.39, 0.29) is 18.4 Å². The Hall–Kier alpha value is -1.11. The molecule has 2 unspecified atom stereocenters. The molecule has 1 aliphatic carbocycles. The van der Waals surface area contributed by atoms with Crippen LogP contribution in [0.5, 0.6) is 0 Å². The van der Waals surface area contributed by atoms with Gasteiger partial charge in [0.05, 0.1) is 11.5 Å². The van der Waals surface area contributed by atoms with E-state index < -0.39 is 29.9 Å². The van der Waals surface area contributed by atoms with Gasteiger partial charge in [0.25, 0.3) is 5.91 Å². The molecule has 0 radical (unpaired) electrons. The molecule has 0 heterocycles. The first-order valence-electron chi connectivity index (χ1n) is 6.60. The number of nitrogens with one attached hydrogen (secondary N) is 1. The van der Waals surface area contributed by atoms with Gasteiger partial charge >= 0.3 is 6.18 Å². The Morgan fingerprint density at radius 2 is 2.00 bits per heavy atom. The predicted molar refractivity (Wildman–Crippen MR) is 73.4 cm³/mol. The molecule has 0 spiro atoms. The number of rotatable bonds is 2. The lowest BCUT2D eigenvalue weighted by Gasteiger charge is -2.31. The standard InChI is InChI=1S/C14H14BrF4NO/c15-9-4-5-12(16)11(7-9)13(21)20-10-3-1-2-8(6-10)14(17,18)19/h4-5,7-8,10H,1-3,6H2,(H,20,21). The van der Waals surface area contributed by atoms with Crippen LogP contribution in [0.4, 0.5) is 17.6 Å². The maximum Gasteiger partial charge on any atom is 0.391 e. The smallest absolute Gasteiger partial charge is 0.349 e. The molecule has 1 amide bonds. The minimum atomic E-state index is -4.25. The molecule has 1 N–H and O–H groups in total. The van der Waals surface area contributed by atoms with Crippen LogP contribution in [0, 0.1) is 11.7 Å². The van der Waals surface area contributed by atoms with Gasteiger partial charge in [0.2, 0.25) is 0 Å². The molecular formula is C14H14BrF4NO. The number of hydrogen-bond donors (Lipinski definition) is 1. The summed E-state index contributed by atoms with van der Waals surface area (Å²) in [6, 6.07) is 3.33. The first kappa shape index (κ1) is 16.3. The lowest BCUT2D eigenvalue weighted by atomic mass is 9.85. The summed E-state index contributed by atoms with van der Waals surface area (Å²) in [7, 11) is 0. The summed E-state index contributed by atoms with van der Waals surface area (Å²) >= 11 is 3.13. The number of alkyl halides is 3. The van der Waals surface area contributed by atoms with Gasteiger partial charge in [0.1, 0.15) is 5.82 Å². The zero-order valence-corrected chi connectivity index (χ0v) is 12.6. The number of amides is 1. The van der Waals surface area contributed by atoms with E-state index in [2.05, 4.69) is 21.2 Å². The molecule has 0 aliphatic heterocycles. The van der Waals surface area contributed by atoms with Gasteiger partial charge in [-0.15, -0.1) is 0 Å². The van der Waals surface area contributed by atoms with E-state index in [0.717, 1.165) is 6.07 Å². The van der Waals surface area contributed by atoms with Gasteiger partial charge in [0, 0.05) is 10.5 Å². The minimum absolute atomic E-state index is 0.0844. The summed E-state index contributed by atoms with van der Waals surface area (Å²) in [4.78, 5) is 12.0. The van der Waals surface area contributed by atoms with Gasteiger partial charge in [0.15, 0.2) is 0 Å². The molecule has 0 saturated heterocycles. The van der Waals surface area contributed by atoms with E-state index in [0.29, 0.717) is 17.3 Å². The van der Waals surface area contributed by atoms with E-state index in [1.165, 1.54) is 12.1 Å². The van der Waals surface area contributed by atoms with Crippen molar-refractivity contribution in [1.82, 2.24) is 5.32 Å². The molecule has 21 heavy (non-hydrogen) atoms. The highest BCUT2D eigenvalue weighted by Crippen LogP contribution is 2.37. The highest BCUT2D eigenvalue weighted by molar-refractivity contribution is 9.10. The quantitative estimate of drug-likeness (QED) is 0.769.